The summed E-state index contributed by atoms with van der Waals surface area (Å²) in [5, 5.41) is 13.0. The van der Waals surface area contributed by atoms with E-state index in [1.807, 2.05) is 0 Å². The molecule has 104 valence electrons. The lowest BCUT2D eigenvalue weighted by molar-refractivity contribution is 0.0844. The van der Waals surface area contributed by atoms with E-state index in [1.165, 1.54) is 12.8 Å². The van der Waals surface area contributed by atoms with Gasteiger partial charge in [-0.2, -0.15) is 5.26 Å². The third-order valence-electron chi connectivity index (χ3n) is 3.86. The summed E-state index contributed by atoms with van der Waals surface area (Å²) in [6, 6.07) is 2.90. The first-order valence-corrected chi connectivity index (χ1v) is 7.02. The van der Waals surface area contributed by atoms with E-state index in [-0.39, 0.29) is 5.54 Å². The smallest absolute Gasteiger partial charge is 0.122 e. The van der Waals surface area contributed by atoms with Crippen molar-refractivity contribution in [3.05, 3.63) is 0 Å². The van der Waals surface area contributed by atoms with Gasteiger partial charge in [-0.3, -0.25) is 10.2 Å². The summed E-state index contributed by atoms with van der Waals surface area (Å²) in [5.41, 5.74) is -0.368. The molecule has 1 N–H and O–H groups in total. The highest BCUT2D eigenvalue weighted by molar-refractivity contribution is 5.16. The third-order valence-corrected chi connectivity index (χ3v) is 3.86. The molecule has 0 spiro atoms. The van der Waals surface area contributed by atoms with E-state index in [4.69, 9.17) is 4.74 Å². The molecule has 0 bridgehead atoms. The van der Waals surface area contributed by atoms with Crippen LogP contribution in [0.5, 0.6) is 0 Å². The van der Waals surface area contributed by atoms with Gasteiger partial charge in [-0.25, -0.2) is 0 Å². The second kappa shape index (κ2) is 7.08. The fourth-order valence-corrected chi connectivity index (χ4v) is 2.63. The topological polar surface area (TPSA) is 48.3 Å². The van der Waals surface area contributed by atoms with Gasteiger partial charge >= 0.3 is 0 Å². The molecule has 1 aliphatic carbocycles. The van der Waals surface area contributed by atoms with Crippen LogP contribution in [0.2, 0.25) is 0 Å². The first kappa shape index (κ1) is 15.4. The van der Waals surface area contributed by atoms with Crippen LogP contribution in [0.4, 0.5) is 0 Å². The van der Waals surface area contributed by atoms with Crippen molar-refractivity contribution in [1.82, 2.24) is 10.2 Å². The Kier molecular flexibility index (Phi) is 6.07. The largest absolute Gasteiger partial charge is 0.383 e. The van der Waals surface area contributed by atoms with Gasteiger partial charge in [0.2, 0.25) is 0 Å². The fraction of sp³-hybridized carbons (Fsp3) is 0.929. The Bertz CT molecular complexity index is 285. The van der Waals surface area contributed by atoms with Gasteiger partial charge in [-0.05, 0) is 38.8 Å². The van der Waals surface area contributed by atoms with Gasteiger partial charge in [0.1, 0.15) is 5.54 Å². The van der Waals surface area contributed by atoms with Crippen LogP contribution in [0.25, 0.3) is 0 Å². The minimum absolute atomic E-state index is 0.352. The molecule has 1 aliphatic rings. The van der Waals surface area contributed by atoms with E-state index < -0.39 is 0 Å². The zero-order chi connectivity index (χ0) is 13.6. The molecular formula is C14H27N3O. The summed E-state index contributed by atoms with van der Waals surface area (Å²) in [4.78, 5) is 2.34. The first-order valence-electron chi connectivity index (χ1n) is 7.02. The summed E-state index contributed by atoms with van der Waals surface area (Å²) in [6.45, 7) is 9.69. The van der Waals surface area contributed by atoms with E-state index in [0.717, 1.165) is 19.6 Å². The Labute approximate surface area is 111 Å². The molecular weight excluding hydrogens is 226 g/mol. The van der Waals surface area contributed by atoms with Gasteiger partial charge in [0.15, 0.2) is 0 Å². The Balaban J connectivity index is 2.71. The Hall–Kier alpha value is -0.630. The molecule has 18 heavy (non-hydrogen) atoms. The van der Waals surface area contributed by atoms with Crippen LogP contribution < -0.4 is 5.32 Å². The fourth-order valence-electron chi connectivity index (χ4n) is 2.63. The molecule has 2 atom stereocenters. The van der Waals surface area contributed by atoms with Crippen LogP contribution in [0, 0.1) is 17.2 Å². The molecule has 1 fully saturated rings. The van der Waals surface area contributed by atoms with Crippen molar-refractivity contribution in [3.63, 3.8) is 0 Å². The van der Waals surface area contributed by atoms with Gasteiger partial charge in [0.05, 0.1) is 12.7 Å². The molecule has 1 saturated carbocycles. The molecule has 0 radical (unpaired) electrons. The van der Waals surface area contributed by atoms with Crippen molar-refractivity contribution < 1.29 is 4.74 Å². The van der Waals surface area contributed by atoms with Gasteiger partial charge in [-0.15, -0.1) is 0 Å². The van der Waals surface area contributed by atoms with Crippen molar-refractivity contribution in [1.29, 1.82) is 5.26 Å². The lowest BCUT2D eigenvalue weighted by atomic mass is 9.93. The second-order valence-corrected chi connectivity index (χ2v) is 5.26. The summed E-state index contributed by atoms with van der Waals surface area (Å²) < 4.78 is 5.23. The number of nitrogens with one attached hydrogen (secondary N) is 1. The Morgan fingerprint density at radius 2 is 2.17 bits per heavy atom. The lowest BCUT2D eigenvalue weighted by Crippen LogP contribution is -2.56. The van der Waals surface area contributed by atoms with Gasteiger partial charge in [0.25, 0.3) is 0 Å². The second-order valence-electron chi connectivity index (χ2n) is 5.26. The van der Waals surface area contributed by atoms with E-state index in [1.54, 1.807) is 7.11 Å². The van der Waals surface area contributed by atoms with Gasteiger partial charge < -0.3 is 4.74 Å². The number of ether oxygens (including phenoxy) is 1. The van der Waals surface area contributed by atoms with Crippen molar-refractivity contribution in [2.45, 2.75) is 45.2 Å². The molecule has 4 nitrogen and oxygen atoms in total. The molecule has 1 rings (SSSR count). The average molecular weight is 253 g/mol. The Morgan fingerprint density at radius 1 is 1.50 bits per heavy atom. The van der Waals surface area contributed by atoms with Crippen molar-refractivity contribution >= 4 is 0 Å². The molecule has 4 heteroatoms. The molecule has 0 aromatic heterocycles. The summed E-state index contributed by atoms with van der Waals surface area (Å²) in [7, 11) is 1.73. The number of nitriles is 1. The molecule has 2 unspecified atom stereocenters. The monoisotopic (exact) mass is 253 g/mol. The van der Waals surface area contributed by atoms with Crippen molar-refractivity contribution in [3.8, 4) is 6.07 Å². The van der Waals surface area contributed by atoms with Crippen molar-refractivity contribution in [2.24, 2.45) is 5.92 Å². The van der Waals surface area contributed by atoms with E-state index in [2.05, 4.69) is 37.1 Å². The maximum atomic E-state index is 9.60. The zero-order valence-electron chi connectivity index (χ0n) is 12.2. The molecule has 0 amide bonds. The van der Waals surface area contributed by atoms with Gasteiger partial charge in [-0.1, -0.05) is 13.8 Å². The van der Waals surface area contributed by atoms with Crippen LogP contribution in [0.15, 0.2) is 0 Å². The number of methoxy groups -OCH3 is 1. The highest BCUT2D eigenvalue weighted by Crippen LogP contribution is 2.40. The highest BCUT2D eigenvalue weighted by atomic mass is 16.5. The minimum Gasteiger partial charge on any atom is -0.383 e. The number of nitrogens with zero attached hydrogens (tertiary/aromatic N) is 2. The van der Waals surface area contributed by atoms with E-state index >= 15 is 0 Å². The molecule has 0 aliphatic heterocycles. The maximum Gasteiger partial charge on any atom is 0.122 e. The molecule has 0 heterocycles. The SMILES string of the molecule is CCNC(C#N)(CN(CC)C(C)COC)C1CC1. The predicted molar refractivity (Wildman–Crippen MR) is 73.3 cm³/mol. The standard InChI is InChI=1S/C14H27N3O/c1-5-16-14(10-15,13-7-8-13)11-17(6-2)12(3)9-18-4/h12-13,16H,5-9,11H2,1-4H3. The third kappa shape index (κ3) is 3.68. The molecule has 0 aromatic rings. The quantitative estimate of drug-likeness (QED) is 0.678. The van der Waals surface area contributed by atoms with Crippen LogP contribution in [-0.2, 0) is 4.74 Å². The summed E-state index contributed by atoms with van der Waals surface area (Å²) >= 11 is 0. The number of hydrogen-bond donors (Lipinski definition) is 1. The first-order chi connectivity index (χ1) is 8.63. The van der Waals surface area contributed by atoms with E-state index in [0.29, 0.717) is 18.6 Å². The number of likely N-dealkylation sites (N-methyl/N-ethyl adjacent to an activating group) is 2. The van der Waals surface area contributed by atoms with Crippen LogP contribution in [0.3, 0.4) is 0 Å². The minimum atomic E-state index is -0.368. The Morgan fingerprint density at radius 3 is 2.56 bits per heavy atom. The number of hydrogen-bond acceptors (Lipinski definition) is 4. The average Bonchev–Trinajstić information content (AvgIpc) is 3.19. The summed E-state index contributed by atoms with van der Waals surface area (Å²) in [6.07, 6.45) is 2.35. The summed E-state index contributed by atoms with van der Waals surface area (Å²) in [5.74, 6) is 0.520. The van der Waals surface area contributed by atoms with E-state index in [9.17, 15) is 5.26 Å². The normalized spacial score (nSPS) is 20.4. The molecule has 0 saturated heterocycles. The van der Waals surface area contributed by atoms with Crippen LogP contribution in [0.1, 0.15) is 33.6 Å². The number of rotatable bonds is 9. The molecule has 0 aromatic carbocycles. The van der Waals surface area contributed by atoms with Crippen LogP contribution >= 0.6 is 0 Å². The maximum absolute atomic E-state index is 9.60. The highest BCUT2D eigenvalue weighted by Gasteiger charge is 2.46. The predicted octanol–water partition coefficient (Wildman–Crippen LogP) is 1.63. The van der Waals surface area contributed by atoms with Crippen molar-refractivity contribution in [2.75, 3.05) is 33.4 Å². The lowest BCUT2D eigenvalue weighted by Gasteiger charge is -2.36. The van der Waals surface area contributed by atoms with Crippen LogP contribution in [-0.4, -0.2) is 49.8 Å². The van der Waals surface area contributed by atoms with Gasteiger partial charge in [0, 0.05) is 19.7 Å². The zero-order valence-corrected chi connectivity index (χ0v) is 12.2.